The van der Waals surface area contributed by atoms with Crippen LogP contribution in [0.3, 0.4) is 0 Å². The maximum Gasteiger partial charge on any atom is 0.416 e. The molecule has 0 aliphatic carbocycles. The number of hydrogen-bond acceptors (Lipinski definition) is 2. The fraction of sp³-hybridized carbons (Fsp3) is 0.200. The van der Waals surface area contributed by atoms with Gasteiger partial charge in [0.25, 0.3) is 0 Å². The average molecular weight is 279 g/mol. The predicted octanol–water partition coefficient (Wildman–Crippen LogP) is 4.36. The van der Waals surface area contributed by atoms with E-state index in [0.29, 0.717) is 5.69 Å². The van der Waals surface area contributed by atoms with Crippen molar-refractivity contribution in [1.29, 1.82) is 0 Å². The van der Waals surface area contributed by atoms with Gasteiger partial charge in [-0.25, -0.2) is 0 Å². The third-order valence-electron chi connectivity index (χ3n) is 2.91. The van der Waals surface area contributed by atoms with E-state index in [0.717, 1.165) is 12.1 Å². The minimum atomic E-state index is -4.45. The van der Waals surface area contributed by atoms with Gasteiger partial charge < -0.3 is 0 Å². The Morgan fingerprint density at radius 3 is 2.50 bits per heavy atom. The summed E-state index contributed by atoms with van der Waals surface area (Å²) in [4.78, 5) is 15.9. The van der Waals surface area contributed by atoms with Crippen LogP contribution in [0.25, 0.3) is 11.3 Å². The fourth-order valence-corrected chi connectivity index (χ4v) is 1.89. The molecule has 0 radical (unpaired) electrons. The lowest BCUT2D eigenvalue weighted by molar-refractivity contribution is -0.137. The monoisotopic (exact) mass is 279 g/mol. The van der Waals surface area contributed by atoms with Crippen LogP contribution in [-0.2, 0) is 6.18 Å². The van der Waals surface area contributed by atoms with E-state index in [1.54, 1.807) is 25.1 Å². The molecule has 2 nitrogen and oxygen atoms in total. The van der Waals surface area contributed by atoms with Gasteiger partial charge >= 0.3 is 6.18 Å². The predicted molar refractivity (Wildman–Crippen MR) is 69.3 cm³/mol. The molecule has 2 aromatic rings. The first-order valence-corrected chi connectivity index (χ1v) is 6.09. The van der Waals surface area contributed by atoms with Crippen molar-refractivity contribution < 1.29 is 18.0 Å². The molecule has 0 aliphatic heterocycles. The van der Waals surface area contributed by atoms with E-state index in [2.05, 4.69) is 4.98 Å². The number of carbonyl (C=O) groups excluding carboxylic acids is 1. The summed E-state index contributed by atoms with van der Waals surface area (Å²) < 4.78 is 38.4. The van der Waals surface area contributed by atoms with Gasteiger partial charge in [0.2, 0.25) is 0 Å². The van der Waals surface area contributed by atoms with E-state index in [-0.39, 0.29) is 23.3 Å². The van der Waals surface area contributed by atoms with Gasteiger partial charge in [-0.15, -0.1) is 0 Å². The summed E-state index contributed by atoms with van der Waals surface area (Å²) >= 11 is 0. The summed E-state index contributed by atoms with van der Waals surface area (Å²) in [6.07, 6.45) is -2.74. The number of Topliss-reactive ketones (excluding diaryl/α,β-unsaturated/α-hetero) is 1. The van der Waals surface area contributed by atoms with Gasteiger partial charge in [-0.3, -0.25) is 9.78 Å². The minimum absolute atomic E-state index is 0.209. The molecule has 0 amide bonds. The SMILES string of the molecule is CCC(=O)c1ccc(C(F)(F)F)cc1-c1ccccn1. The second-order valence-corrected chi connectivity index (χ2v) is 4.25. The van der Waals surface area contributed by atoms with Crippen LogP contribution in [0.5, 0.6) is 0 Å². The summed E-state index contributed by atoms with van der Waals surface area (Å²) in [6, 6.07) is 8.04. The van der Waals surface area contributed by atoms with Crippen LogP contribution < -0.4 is 0 Å². The first-order chi connectivity index (χ1) is 9.43. The highest BCUT2D eigenvalue weighted by molar-refractivity contribution is 6.01. The second-order valence-electron chi connectivity index (χ2n) is 4.25. The second kappa shape index (κ2) is 5.45. The maximum absolute atomic E-state index is 12.8. The number of alkyl halides is 3. The Bertz CT molecular complexity index is 621. The van der Waals surface area contributed by atoms with Gasteiger partial charge in [-0.05, 0) is 24.3 Å². The Kier molecular flexibility index (Phi) is 3.88. The third-order valence-corrected chi connectivity index (χ3v) is 2.91. The van der Waals surface area contributed by atoms with Crippen LogP contribution >= 0.6 is 0 Å². The number of aromatic nitrogens is 1. The molecule has 0 spiro atoms. The molecule has 0 unspecified atom stereocenters. The molecule has 1 heterocycles. The van der Waals surface area contributed by atoms with Crippen LogP contribution in [0.2, 0.25) is 0 Å². The quantitative estimate of drug-likeness (QED) is 0.781. The van der Waals surface area contributed by atoms with Crippen molar-refractivity contribution in [1.82, 2.24) is 4.98 Å². The highest BCUT2D eigenvalue weighted by atomic mass is 19.4. The standard InChI is InChI=1S/C15H12F3NO/c1-2-14(20)11-7-6-10(15(16,17)18)9-12(11)13-5-3-4-8-19-13/h3-9H,2H2,1H3. The first-order valence-electron chi connectivity index (χ1n) is 6.09. The average Bonchev–Trinajstić information content (AvgIpc) is 2.46. The number of hydrogen-bond donors (Lipinski definition) is 0. The van der Waals surface area contributed by atoms with Crippen molar-refractivity contribution in [3.8, 4) is 11.3 Å². The van der Waals surface area contributed by atoms with Gasteiger partial charge in [0.15, 0.2) is 5.78 Å². The lowest BCUT2D eigenvalue weighted by atomic mass is 9.96. The Balaban J connectivity index is 2.64. The van der Waals surface area contributed by atoms with E-state index in [9.17, 15) is 18.0 Å². The van der Waals surface area contributed by atoms with Crippen molar-refractivity contribution in [2.24, 2.45) is 0 Å². The molecule has 0 saturated carbocycles. The number of pyridine rings is 1. The van der Waals surface area contributed by atoms with Crippen LogP contribution in [0.15, 0.2) is 42.6 Å². The maximum atomic E-state index is 12.8. The van der Waals surface area contributed by atoms with Crippen molar-refractivity contribution in [3.63, 3.8) is 0 Å². The molecule has 104 valence electrons. The summed E-state index contributed by atoms with van der Waals surface area (Å²) in [6.45, 7) is 1.67. The fourth-order valence-electron chi connectivity index (χ4n) is 1.89. The van der Waals surface area contributed by atoms with Crippen molar-refractivity contribution >= 4 is 5.78 Å². The van der Waals surface area contributed by atoms with E-state index in [1.165, 1.54) is 12.3 Å². The highest BCUT2D eigenvalue weighted by Crippen LogP contribution is 2.33. The number of halogens is 3. The Morgan fingerprint density at radius 2 is 1.95 bits per heavy atom. The topological polar surface area (TPSA) is 30.0 Å². The summed E-state index contributed by atoms with van der Waals surface area (Å²) in [5.74, 6) is -0.209. The molecular weight excluding hydrogens is 267 g/mol. The molecule has 1 aromatic heterocycles. The molecule has 20 heavy (non-hydrogen) atoms. The van der Waals surface area contributed by atoms with Crippen LogP contribution in [0, 0.1) is 0 Å². The van der Waals surface area contributed by atoms with Crippen LogP contribution in [0.1, 0.15) is 29.3 Å². The van der Waals surface area contributed by atoms with Crippen LogP contribution in [0.4, 0.5) is 13.2 Å². The number of ketones is 1. The third kappa shape index (κ3) is 2.87. The van der Waals surface area contributed by atoms with Gasteiger partial charge in [0.05, 0.1) is 11.3 Å². The molecule has 0 saturated heterocycles. The molecule has 0 N–H and O–H groups in total. The van der Waals surface area contributed by atoms with Crippen molar-refractivity contribution in [2.75, 3.05) is 0 Å². The lowest BCUT2D eigenvalue weighted by Crippen LogP contribution is -2.08. The zero-order chi connectivity index (χ0) is 14.8. The number of carbonyl (C=O) groups is 1. The van der Waals surface area contributed by atoms with E-state index >= 15 is 0 Å². The lowest BCUT2D eigenvalue weighted by Gasteiger charge is -2.12. The Labute approximate surface area is 114 Å². The molecule has 1 aromatic carbocycles. The molecule has 0 atom stereocenters. The summed E-state index contributed by atoms with van der Waals surface area (Å²) in [5, 5.41) is 0. The number of rotatable bonds is 3. The van der Waals surface area contributed by atoms with Gasteiger partial charge in [-0.2, -0.15) is 13.2 Å². The van der Waals surface area contributed by atoms with Crippen LogP contribution in [-0.4, -0.2) is 10.8 Å². The molecule has 0 aliphatic rings. The molecule has 5 heteroatoms. The smallest absolute Gasteiger partial charge is 0.294 e. The van der Waals surface area contributed by atoms with E-state index < -0.39 is 11.7 Å². The zero-order valence-electron chi connectivity index (χ0n) is 10.7. The molecule has 0 bridgehead atoms. The summed E-state index contributed by atoms with van der Waals surface area (Å²) in [7, 11) is 0. The van der Waals surface area contributed by atoms with Crippen molar-refractivity contribution in [3.05, 3.63) is 53.7 Å². The van der Waals surface area contributed by atoms with Gasteiger partial charge in [0, 0.05) is 23.7 Å². The van der Waals surface area contributed by atoms with Gasteiger partial charge in [-0.1, -0.05) is 19.1 Å². The minimum Gasteiger partial charge on any atom is -0.294 e. The Hall–Kier alpha value is -2.17. The van der Waals surface area contributed by atoms with Crippen molar-refractivity contribution in [2.45, 2.75) is 19.5 Å². The summed E-state index contributed by atoms with van der Waals surface area (Å²) in [5.41, 5.74) is 0.0488. The zero-order valence-corrected chi connectivity index (χ0v) is 10.7. The van der Waals surface area contributed by atoms with E-state index in [4.69, 9.17) is 0 Å². The molecular formula is C15H12F3NO. The first kappa shape index (κ1) is 14.2. The largest absolute Gasteiger partial charge is 0.416 e. The molecule has 2 rings (SSSR count). The number of nitrogens with zero attached hydrogens (tertiary/aromatic N) is 1. The number of benzene rings is 1. The molecule has 0 fully saturated rings. The Morgan fingerprint density at radius 1 is 1.20 bits per heavy atom. The normalized spacial score (nSPS) is 11.4. The van der Waals surface area contributed by atoms with E-state index in [1.807, 2.05) is 0 Å². The van der Waals surface area contributed by atoms with Gasteiger partial charge in [0.1, 0.15) is 0 Å². The highest BCUT2D eigenvalue weighted by Gasteiger charge is 2.31.